The zero-order valence-corrected chi connectivity index (χ0v) is 14.0. The Morgan fingerprint density at radius 2 is 1.91 bits per heavy atom. The summed E-state index contributed by atoms with van der Waals surface area (Å²) in [5.41, 5.74) is 0.880. The van der Waals surface area contributed by atoms with Gasteiger partial charge in [0.25, 0.3) is 0 Å². The number of esters is 1. The van der Waals surface area contributed by atoms with Crippen molar-refractivity contribution in [3.05, 3.63) is 46.6 Å². The Labute approximate surface area is 136 Å². The molecule has 2 heterocycles. The highest BCUT2D eigenvalue weighted by molar-refractivity contribution is 7.99. The number of hydrogen-bond acceptors (Lipinski definition) is 6. The number of aromatic nitrogens is 2. The summed E-state index contributed by atoms with van der Waals surface area (Å²) >= 11 is 2.94. The van der Waals surface area contributed by atoms with Crippen molar-refractivity contribution in [2.45, 2.75) is 23.8 Å². The van der Waals surface area contributed by atoms with E-state index in [-0.39, 0.29) is 5.97 Å². The molecule has 0 fully saturated rings. The number of nitrogens with zero attached hydrogens (tertiary/aromatic N) is 2. The van der Waals surface area contributed by atoms with Crippen LogP contribution >= 0.6 is 23.1 Å². The molecule has 6 heteroatoms. The van der Waals surface area contributed by atoms with Crippen molar-refractivity contribution in [3.63, 3.8) is 0 Å². The average Bonchev–Trinajstić information content (AvgIpc) is 2.84. The van der Waals surface area contributed by atoms with Gasteiger partial charge in [0.05, 0.1) is 7.11 Å². The molecule has 0 spiro atoms. The molecule has 112 valence electrons. The summed E-state index contributed by atoms with van der Waals surface area (Å²) in [6, 6.07) is 10.0. The van der Waals surface area contributed by atoms with Gasteiger partial charge in [0.1, 0.15) is 20.6 Å². The minimum atomic E-state index is -0.325. The second kappa shape index (κ2) is 6.06. The van der Waals surface area contributed by atoms with Gasteiger partial charge in [-0.05, 0) is 31.5 Å². The van der Waals surface area contributed by atoms with E-state index in [0.29, 0.717) is 10.7 Å². The van der Waals surface area contributed by atoms with Gasteiger partial charge in [-0.25, -0.2) is 14.8 Å². The fourth-order valence-corrected chi connectivity index (χ4v) is 4.42. The van der Waals surface area contributed by atoms with Crippen molar-refractivity contribution in [1.82, 2.24) is 9.97 Å². The number of benzene rings is 1. The first-order valence-corrected chi connectivity index (χ1v) is 8.32. The number of aryl methyl sites for hydroxylation is 2. The van der Waals surface area contributed by atoms with Crippen molar-refractivity contribution < 1.29 is 9.53 Å². The topological polar surface area (TPSA) is 52.1 Å². The third kappa shape index (κ3) is 2.71. The molecule has 3 rings (SSSR count). The van der Waals surface area contributed by atoms with E-state index in [1.54, 1.807) is 11.8 Å². The van der Waals surface area contributed by atoms with Crippen LogP contribution in [0.15, 0.2) is 40.3 Å². The predicted octanol–water partition coefficient (Wildman–Crippen LogP) is 4.25. The first-order valence-electron chi connectivity index (χ1n) is 6.69. The number of fused-ring (bicyclic) bond motifs is 1. The number of thiophene rings is 1. The highest BCUT2D eigenvalue weighted by atomic mass is 32.2. The molecular weight excluding hydrogens is 316 g/mol. The summed E-state index contributed by atoms with van der Waals surface area (Å²) in [6.45, 7) is 3.78. The third-order valence-corrected chi connectivity index (χ3v) is 5.36. The lowest BCUT2D eigenvalue weighted by atomic mass is 10.2. The van der Waals surface area contributed by atoms with E-state index in [4.69, 9.17) is 4.74 Å². The molecule has 0 amide bonds. The highest BCUT2D eigenvalue weighted by Crippen LogP contribution is 2.38. The Balaban J connectivity index is 2.17. The second-order valence-corrected chi connectivity index (χ2v) is 6.78. The van der Waals surface area contributed by atoms with Gasteiger partial charge in [-0.15, -0.1) is 11.3 Å². The van der Waals surface area contributed by atoms with Gasteiger partial charge >= 0.3 is 5.97 Å². The number of carbonyl (C=O) groups excluding carboxylic acids is 1. The quantitative estimate of drug-likeness (QED) is 0.531. The molecule has 0 aliphatic heterocycles. The van der Waals surface area contributed by atoms with Crippen molar-refractivity contribution in [2.24, 2.45) is 0 Å². The average molecular weight is 330 g/mol. The molecule has 0 aliphatic carbocycles. The summed E-state index contributed by atoms with van der Waals surface area (Å²) in [5.74, 6) is 0.373. The molecule has 0 bridgehead atoms. The van der Waals surface area contributed by atoms with Crippen molar-refractivity contribution in [2.75, 3.05) is 7.11 Å². The molecule has 0 N–H and O–H groups in total. The molecule has 0 unspecified atom stereocenters. The smallest absolute Gasteiger partial charge is 0.348 e. The molecule has 0 atom stereocenters. The first kappa shape index (κ1) is 15.0. The van der Waals surface area contributed by atoms with Gasteiger partial charge in [0.15, 0.2) is 0 Å². The maximum absolute atomic E-state index is 11.9. The third-order valence-electron chi connectivity index (χ3n) is 3.20. The van der Waals surface area contributed by atoms with Crippen LogP contribution in [0.1, 0.15) is 21.1 Å². The number of carbonyl (C=O) groups is 1. The Bertz CT molecular complexity index is 844. The van der Waals surface area contributed by atoms with Crippen molar-refractivity contribution in [1.29, 1.82) is 0 Å². The maximum atomic E-state index is 11.9. The Kier molecular flexibility index (Phi) is 4.13. The summed E-state index contributed by atoms with van der Waals surface area (Å²) in [7, 11) is 1.39. The van der Waals surface area contributed by atoms with Gasteiger partial charge in [-0.3, -0.25) is 0 Å². The van der Waals surface area contributed by atoms with Gasteiger partial charge in [0, 0.05) is 10.3 Å². The van der Waals surface area contributed by atoms with Crippen LogP contribution in [0.5, 0.6) is 0 Å². The molecule has 2 aromatic heterocycles. The lowest BCUT2D eigenvalue weighted by Crippen LogP contribution is -1.99. The van der Waals surface area contributed by atoms with Crippen LogP contribution in [0.4, 0.5) is 0 Å². The molecule has 0 saturated heterocycles. The van der Waals surface area contributed by atoms with Crippen LogP contribution < -0.4 is 0 Å². The molecule has 1 aromatic carbocycles. The van der Waals surface area contributed by atoms with E-state index < -0.39 is 0 Å². The number of methoxy groups -OCH3 is 1. The van der Waals surface area contributed by atoms with Crippen LogP contribution in [0.3, 0.4) is 0 Å². The minimum Gasteiger partial charge on any atom is -0.465 e. The first-order chi connectivity index (χ1) is 10.6. The summed E-state index contributed by atoms with van der Waals surface area (Å²) in [6.07, 6.45) is 0. The lowest BCUT2D eigenvalue weighted by Gasteiger charge is -2.05. The van der Waals surface area contributed by atoms with Crippen molar-refractivity contribution >= 4 is 39.3 Å². The normalized spacial score (nSPS) is 10.9. The van der Waals surface area contributed by atoms with Crippen LogP contribution in [0.25, 0.3) is 10.2 Å². The van der Waals surface area contributed by atoms with E-state index in [2.05, 4.69) is 9.97 Å². The number of hydrogen-bond donors (Lipinski definition) is 0. The van der Waals surface area contributed by atoms with Gasteiger partial charge < -0.3 is 4.74 Å². The summed E-state index contributed by atoms with van der Waals surface area (Å²) in [5, 5.41) is 1.81. The van der Waals surface area contributed by atoms with Crippen molar-refractivity contribution in [3.8, 4) is 0 Å². The van der Waals surface area contributed by atoms with Crippen LogP contribution in [-0.4, -0.2) is 23.0 Å². The minimum absolute atomic E-state index is 0.325. The summed E-state index contributed by atoms with van der Waals surface area (Å²) < 4.78 is 4.85. The Morgan fingerprint density at radius 1 is 1.18 bits per heavy atom. The van der Waals surface area contributed by atoms with Gasteiger partial charge in [-0.2, -0.15) is 0 Å². The molecule has 4 nitrogen and oxygen atoms in total. The zero-order valence-electron chi connectivity index (χ0n) is 12.4. The largest absolute Gasteiger partial charge is 0.465 e. The standard InChI is InChI=1S/C16H14N2O2S2/c1-9-12-14(21-11-7-5-4-6-8-11)17-10(2)18-15(12)22-13(9)16(19)20-3/h4-8H,1-3H3. The zero-order chi connectivity index (χ0) is 15.7. The van der Waals surface area contributed by atoms with Crippen LogP contribution in [0.2, 0.25) is 0 Å². The fraction of sp³-hybridized carbons (Fsp3) is 0.188. The van der Waals surface area contributed by atoms with E-state index in [1.165, 1.54) is 18.4 Å². The molecule has 0 aliphatic rings. The fourth-order valence-electron chi connectivity index (χ4n) is 2.17. The van der Waals surface area contributed by atoms with E-state index in [9.17, 15) is 4.79 Å². The van der Waals surface area contributed by atoms with E-state index >= 15 is 0 Å². The monoisotopic (exact) mass is 330 g/mol. The molecule has 3 aromatic rings. The predicted molar refractivity (Wildman–Crippen MR) is 88.8 cm³/mol. The molecular formula is C16H14N2O2S2. The number of ether oxygens (including phenoxy) is 1. The van der Waals surface area contributed by atoms with Crippen LogP contribution in [0, 0.1) is 13.8 Å². The van der Waals surface area contributed by atoms with E-state index in [0.717, 1.165) is 25.7 Å². The second-order valence-electron chi connectivity index (χ2n) is 4.72. The Morgan fingerprint density at radius 3 is 2.59 bits per heavy atom. The maximum Gasteiger partial charge on any atom is 0.348 e. The van der Waals surface area contributed by atoms with Crippen LogP contribution in [-0.2, 0) is 4.74 Å². The Hall–Kier alpha value is -1.92. The molecule has 0 saturated carbocycles. The molecule has 22 heavy (non-hydrogen) atoms. The number of rotatable bonds is 3. The van der Waals surface area contributed by atoms with E-state index in [1.807, 2.05) is 44.2 Å². The SMILES string of the molecule is COC(=O)c1sc2nc(C)nc(Sc3ccccc3)c2c1C. The summed E-state index contributed by atoms with van der Waals surface area (Å²) in [4.78, 5) is 23.4. The van der Waals surface area contributed by atoms with Gasteiger partial charge in [0.2, 0.25) is 0 Å². The van der Waals surface area contributed by atoms with Gasteiger partial charge in [-0.1, -0.05) is 30.0 Å². The lowest BCUT2D eigenvalue weighted by molar-refractivity contribution is 0.0605. The molecule has 0 radical (unpaired) electrons. The highest BCUT2D eigenvalue weighted by Gasteiger charge is 2.20.